The first-order valence-corrected chi connectivity index (χ1v) is 10.7. The standard InChI is InChI=1S/C22H17Br2N3O4/c1-30-17-9-13(3-5-16(17)28)20-22(27-11-14(23)4-6-19(27)26-20)25-10-12-7-15(24)21(29)18(8-12)31-2/h3-11,28-29H,1-2H3. The maximum Gasteiger partial charge on any atom is 0.172 e. The molecule has 7 nitrogen and oxygen atoms in total. The number of methoxy groups -OCH3 is 2. The summed E-state index contributed by atoms with van der Waals surface area (Å²) in [7, 11) is 2.98. The third kappa shape index (κ3) is 4.11. The molecule has 2 heterocycles. The van der Waals surface area contributed by atoms with Crippen LogP contribution in [0.1, 0.15) is 5.56 Å². The average Bonchev–Trinajstić information content (AvgIpc) is 3.12. The van der Waals surface area contributed by atoms with E-state index in [9.17, 15) is 10.2 Å². The summed E-state index contributed by atoms with van der Waals surface area (Å²) in [5.41, 5.74) is 2.80. The van der Waals surface area contributed by atoms with Crippen molar-refractivity contribution in [3.8, 4) is 34.3 Å². The predicted molar refractivity (Wildman–Crippen MR) is 126 cm³/mol. The summed E-state index contributed by atoms with van der Waals surface area (Å²) < 4.78 is 13.7. The number of hydrogen-bond acceptors (Lipinski definition) is 6. The molecule has 0 aliphatic rings. The van der Waals surface area contributed by atoms with Gasteiger partial charge in [0.25, 0.3) is 0 Å². The molecule has 2 aromatic heterocycles. The van der Waals surface area contributed by atoms with Gasteiger partial charge < -0.3 is 19.7 Å². The highest BCUT2D eigenvalue weighted by atomic mass is 79.9. The molecule has 2 aromatic carbocycles. The van der Waals surface area contributed by atoms with Gasteiger partial charge in [-0.25, -0.2) is 9.98 Å². The molecule has 4 rings (SSSR count). The Morgan fingerprint density at radius 3 is 2.52 bits per heavy atom. The molecule has 4 aromatic rings. The largest absolute Gasteiger partial charge is 0.504 e. The van der Waals surface area contributed by atoms with Gasteiger partial charge in [-0.1, -0.05) is 0 Å². The average molecular weight is 547 g/mol. The Labute approximate surface area is 194 Å². The lowest BCUT2D eigenvalue weighted by Crippen LogP contribution is -1.90. The summed E-state index contributed by atoms with van der Waals surface area (Å²) in [6.45, 7) is 0. The van der Waals surface area contributed by atoms with Gasteiger partial charge >= 0.3 is 0 Å². The van der Waals surface area contributed by atoms with Crippen LogP contribution in [0.15, 0.2) is 62.6 Å². The van der Waals surface area contributed by atoms with E-state index in [-0.39, 0.29) is 11.5 Å². The number of nitrogens with zero attached hydrogens (tertiary/aromatic N) is 3. The van der Waals surface area contributed by atoms with Gasteiger partial charge in [0.15, 0.2) is 28.8 Å². The van der Waals surface area contributed by atoms with Gasteiger partial charge in [0, 0.05) is 22.4 Å². The van der Waals surface area contributed by atoms with Gasteiger partial charge in [0.05, 0.1) is 18.7 Å². The van der Waals surface area contributed by atoms with Gasteiger partial charge in [0.2, 0.25) is 0 Å². The molecule has 0 radical (unpaired) electrons. The second-order valence-corrected chi connectivity index (χ2v) is 8.33. The Bertz CT molecular complexity index is 1320. The Morgan fingerprint density at radius 1 is 1.00 bits per heavy atom. The SMILES string of the molecule is COc1cc(-c2nc3ccc(Br)cn3c2N=Cc2cc(Br)c(O)c(OC)c2)ccc1O. The van der Waals surface area contributed by atoms with Crippen LogP contribution in [-0.2, 0) is 0 Å². The zero-order valence-corrected chi connectivity index (χ0v) is 19.7. The maximum absolute atomic E-state index is 10.0. The van der Waals surface area contributed by atoms with Gasteiger partial charge in [-0.3, -0.25) is 4.40 Å². The van der Waals surface area contributed by atoms with E-state index in [4.69, 9.17) is 19.5 Å². The molecule has 0 spiro atoms. The Balaban J connectivity index is 1.89. The zero-order valence-electron chi connectivity index (χ0n) is 16.5. The summed E-state index contributed by atoms with van der Waals surface area (Å²) >= 11 is 6.82. The predicted octanol–water partition coefficient (Wildman–Crippen LogP) is 5.71. The highest BCUT2D eigenvalue weighted by Crippen LogP contribution is 2.38. The van der Waals surface area contributed by atoms with Crippen LogP contribution in [0.3, 0.4) is 0 Å². The fraction of sp³-hybridized carbons (Fsp3) is 0.0909. The lowest BCUT2D eigenvalue weighted by atomic mass is 10.1. The number of rotatable bonds is 5. The molecule has 0 saturated carbocycles. The van der Waals surface area contributed by atoms with Gasteiger partial charge in [-0.05, 0) is 79.9 Å². The van der Waals surface area contributed by atoms with Crippen molar-refractivity contribution in [1.29, 1.82) is 0 Å². The Hall–Kier alpha value is -3.04. The summed E-state index contributed by atoms with van der Waals surface area (Å²) in [5, 5.41) is 20.0. The molecule has 0 saturated heterocycles. The normalized spacial score (nSPS) is 11.4. The number of aromatic hydroxyl groups is 2. The van der Waals surface area contributed by atoms with E-state index in [0.29, 0.717) is 33.1 Å². The minimum Gasteiger partial charge on any atom is -0.504 e. The molecule has 0 unspecified atom stereocenters. The minimum atomic E-state index is 0.0234. The van der Waals surface area contributed by atoms with E-state index in [1.54, 1.807) is 36.5 Å². The second-order valence-electron chi connectivity index (χ2n) is 6.56. The Morgan fingerprint density at radius 2 is 1.77 bits per heavy atom. The summed E-state index contributed by atoms with van der Waals surface area (Å²) in [6, 6.07) is 12.2. The molecule has 0 fully saturated rings. The molecule has 0 bridgehead atoms. The summed E-state index contributed by atoms with van der Waals surface area (Å²) in [6.07, 6.45) is 3.54. The van der Waals surface area contributed by atoms with E-state index in [0.717, 1.165) is 15.6 Å². The van der Waals surface area contributed by atoms with Crippen LogP contribution in [0.5, 0.6) is 23.0 Å². The zero-order chi connectivity index (χ0) is 22.1. The van der Waals surface area contributed by atoms with E-state index in [1.165, 1.54) is 14.2 Å². The first-order chi connectivity index (χ1) is 14.9. The number of benzene rings is 2. The molecular formula is C22H17Br2N3O4. The number of phenols is 2. The van der Waals surface area contributed by atoms with Crippen molar-refractivity contribution < 1.29 is 19.7 Å². The van der Waals surface area contributed by atoms with Crippen LogP contribution in [0.25, 0.3) is 16.9 Å². The maximum atomic E-state index is 10.0. The number of ether oxygens (including phenoxy) is 2. The van der Waals surface area contributed by atoms with Gasteiger partial charge in [0.1, 0.15) is 11.3 Å². The fourth-order valence-electron chi connectivity index (χ4n) is 3.11. The van der Waals surface area contributed by atoms with Crippen molar-refractivity contribution in [3.63, 3.8) is 0 Å². The highest BCUT2D eigenvalue weighted by Gasteiger charge is 2.16. The molecule has 9 heteroatoms. The summed E-state index contributed by atoms with van der Waals surface area (Å²) in [5.74, 6) is 1.34. The molecule has 31 heavy (non-hydrogen) atoms. The van der Waals surface area contributed by atoms with Crippen molar-refractivity contribution in [2.75, 3.05) is 14.2 Å². The smallest absolute Gasteiger partial charge is 0.172 e. The number of halogens is 2. The number of aromatic nitrogens is 2. The van der Waals surface area contributed by atoms with Crippen LogP contribution in [-0.4, -0.2) is 40.0 Å². The molecule has 0 atom stereocenters. The monoisotopic (exact) mass is 545 g/mol. The summed E-state index contributed by atoms with van der Waals surface area (Å²) in [4.78, 5) is 9.42. The third-order valence-electron chi connectivity index (χ3n) is 4.62. The number of hydrogen-bond donors (Lipinski definition) is 2. The van der Waals surface area contributed by atoms with Crippen molar-refractivity contribution in [1.82, 2.24) is 9.38 Å². The van der Waals surface area contributed by atoms with Crippen LogP contribution < -0.4 is 9.47 Å². The van der Waals surface area contributed by atoms with Crippen LogP contribution in [0, 0.1) is 0 Å². The third-order valence-corrected chi connectivity index (χ3v) is 5.69. The Kier molecular flexibility index (Phi) is 5.88. The number of phenolic OH excluding ortho intramolecular Hbond substituents is 2. The first kappa shape index (κ1) is 21.2. The minimum absolute atomic E-state index is 0.0234. The topological polar surface area (TPSA) is 88.6 Å². The van der Waals surface area contributed by atoms with Crippen molar-refractivity contribution in [3.05, 3.63) is 63.2 Å². The number of aliphatic imine (C=N–C) groups is 1. The second kappa shape index (κ2) is 8.60. The van der Waals surface area contributed by atoms with E-state index in [1.807, 2.05) is 22.7 Å². The van der Waals surface area contributed by atoms with Crippen LogP contribution >= 0.6 is 31.9 Å². The molecule has 2 N–H and O–H groups in total. The molecular weight excluding hydrogens is 530 g/mol. The van der Waals surface area contributed by atoms with Crippen LogP contribution in [0.4, 0.5) is 5.82 Å². The van der Waals surface area contributed by atoms with E-state index in [2.05, 4.69) is 31.9 Å². The quantitative estimate of drug-likeness (QED) is 0.313. The van der Waals surface area contributed by atoms with E-state index >= 15 is 0 Å². The molecule has 0 aliphatic carbocycles. The van der Waals surface area contributed by atoms with Gasteiger partial charge in [-0.15, -0.1) is 0 Å². The number of fused-ring (bicyclic) bond motifs is 1. The van der Waals surface area contributed by atoms with Crippen molar-refractivity contribution >= 4 is 49.5 Å². The van der Waals surface area contributed by atoms with Crippen molar-refractivity contribution in [2.24, 2.45) is 4.99 Å². The first-order valence-electron chi connectivity index (χ1n) is 9.07. The lowest BCUT2D eigenvalue weighted by Gasteiger charge is -2.07. The van der Waals surface area contributed by atoms with Crippen LogP contribution in [0.2, 0.25) is 0 Å². The van der Waals surface area contributed by atoms with Gasteiger partial charge in [-0.2, -0.15) is 0 Å². The molecule has 0 amide bonds. The highest BCUT2D eigenvalue weighted by molar-refractivity contribution is 9.10. The fourth-order valence-corrected chi connectivity index (χ4v) is 3.90. The molecule has 0 aliphatic heterocycles. The number of imidazole rings is 1. The van der Waals surface area contributed by atoms with E-state index < -0.39 is 0 Å². The van der Waals surface area contributed by atoms with Crippen molar-refractivity contribution in [2.45, 2.75) is 0 Å². The number of pyridine rings is 1. The molecule has 158 valence electrons. The lowest BCUT2D eigenvalue weighted by molar-refractivity contribution is 0.372.